The molecule has 0 saturated carbocycles. The summed E-state index contributed by atoms with van der Waals surface area (Å²) in [4.78, 5) is 0.399. The Labute approximate surface area is 71.2 Å². The number of nitrogens with two attached hydrogens (primary N) is 1. The van der Waals surface area contributed by atoms with Crippen LogP contribution in [0.4, 0.5) is 0 Å². The quantitative estimate of drug-likeness (QED) is 0.674. The second-order valence-electron chi connectivity index (χ2n) is 2.62. The highest BCUT2D eigenvalue weighted by molar-refractivity contribution is 7.80. The Balaban J connectivity index is 3.06. The van der Waals surface area contributed by atoms with Crippen LogP contribution in [0.15, 0.2) is 12.3 Å². The third kappa shape index (κ3) is 1.57. The first-order chi connectivity index (χ1) is 5.13. The summed E-state index contributed by atoms with van der Waals surface area (Å²) in [6.45, 7) is 4.07. The highest BCUT2D eigenvalue weighted by Gasteiger charge is 2.06. The Morgan fingerprint density at radius 1 is 1.73 bits per heavy atom. The number of hydrogen-bond acceptors (Lipinski definition) is 2. The summed E-state index contributed by atoms with van der Waals surface area (Å²) >= 11 is 4.84. The lowest BCUT2D eigenvalue weighted by Crippen LogP contribution is -2.17. The van der Waals surface area contributed by atoms with E-state index in [2.05, 4.69) is 5.10 Å². The molecule has 0 aliphatic rings. The normalized spacial score (nSPS) is 10.5. The molecule has 3 nitrogen and oxygen atoms in total. The number of rotatable bonds is 2. The molecule has 1 rings (SSSR count). The highest BCUT2D eigenvalue weighted by Crippen LogP contribution is 2.06. The predicted octanol–water partition coefficient (Wildman–Crippen LogP) is 1.10. The van der Waals surface area contributed by atoms with Crippen molar-refractivity contribution in [2.24, 2.45) is 5.73 Å². The van der Waals surface area contributed by atoms with Gasteiger partial charge in [0.15, 0.2) is 0 Å². The van der Waals surface area contributed by atoms with E-state index >= 15 is 0 Å². The minimum Gasteiger partial charge on any atom is -0.388 e. The fourth-order valence-electron chi connectivity index (χ4n) is 0.921. The molecule has 0 amide bonds. The standard InChI is InChI=1S/C7H11N3S/c1-5(2)10-6(7(8)11)3-4-9-10/h3-5H,1-2H3,(H2,8,11). The maximum absolute atomic E-state index is 5.47. The number of aromatic nitrogens is 2. The molecule has 60 valence electrons. The lowest BCUT2D eigenvalue weighted by atomic mass is 10.3. The van der Waals surface area contributed by atoms with Crippen LogP contribution in [0.5, 0.6) is 0 Å². The zero-order valence-corrected chi connectivity index (χ0v) is 7.43. The van der Waals surface area contributed by atoms with Crippen molar-refractivity contribution in [1.82, 2.24) is 9.78 Å². The van der Waals surface area contributed by atoms with Crippen LogP contribution in [0.25, 0.3) is 0 Å². The first-order valence-electron chi connectivity index (χ1n) is 3.46. The predicted molar refractivity (Wildman–Crippen MR) is 48.5 cm³/mol. The molecule has 0 atom stereocenters. The average molecular weight is 169 g/mol. The van der Waals surface area contributed by atoms with Crippen molar-refractivity contribution < 1.29 is 0 Å². The van der Waals surface area contributed by atoms with Gasteiger partial charge in [-0.15, -0.1) is 0 Å². The molecule has 1 aromatic rings. The summed E-state index contributed by atoms with van der Waals surface area (Å²) in [5, 5.41) is 4.09. The van der Waals surface area contributed by atoms with Crippen LogP contribution in [0.1, 0.15) is 25.6 Å². The fourth-order valence-corrected chi connectivity index (χ4v) is 1.08. The Bertz CT molecular complexity index is 264. The molecule has 0 radical (unpaired) electrons. The van der Waals surface area contributed by atoms with Crippen molar-refractivity contribution in [3.05, 3.63) is 18.0 Å². The molecule has 2 N–H and O–H groups in total. The van der Waals surface area contributed by atoms with Crippen LogP contribution in [-0.2, 0) is 0 Å². The van der Waals surface area contributed by atoms with E-state index in [4.69, 9.17) is 18.0 Å². The van der Waals surface area contributed by atoms with E-state index in [0.29, 0.717) is 11.0 Å². The molecule has 0 spiro atoms. The molecule has 0 bridgehead atoms. The van der Waals surface area contributed by atoms with Crippen molar-refractivity contribution in [2.45, 2.75) is 19.9 Å². The third-order valence-electron chi connectivity index (χ3n) is 1.41. The molecule has 0 unspecified atom stereocenters. The molecule has 1 heterocycles. The van der Waals surface area contributed by atoms with Gasteiger partial charge in [-0.3, -0.25) is 4.68 Å². The third-order valence-corrected chi connectivity index (χ3v) is 1.62. The smallest absolute Gasteiger partial charge is 0.122 e. The maximum atomic E-state index is 5.47. The van der Waals surface area contributed by atoms with Crippen LogP contribution in [0, 0.1) is 0 Å². The minimum atomic E-state index is 0.307. The van der Waals surface area contributed by atoms with Crippen LogP contribution in [0.2, 0.25) is 0 Å². The van der Waals surface area contributed by atoms with Gasteiger partial charge in [0.1, 0.15) is 4.99 Å². The summed E-state index contributed by atoms with van der Waals surface area (Å²) in [6, 6.07) is 2.13. The van der Waals surface area contributed by atoms with E-state index < -0.39 is 0 Å². The summed E-state index contributed by atoms with van der Waals surface area (Å²) < 4.78 is 1.81. The largest absolute Gasteiger partial charge is 0.388 e. The van der Waals surface area contributed by atoms with Gasteiger partial charge < -0.3 is 5.73 Å². The average Bonchev–Trinajstić information content (AvgIpc) is 2.32. The van der Waals surface area contributed by atoms with Crippen LogP contribution >= 0.6 is 12.2 Å². The molecule has 11 heavy (non-hydrogen) atoms. The number of nitrogens with zero attached hydrogens (tertiary/aromatic N) is 2. The maximum Gasteiger partial charge on any atom is 0.122 e. The van der Waals surface area contributed by atoms with Crippen molar-refractivity contribution in [1.29, 1.82) is 0 Å². The molecular formula is C7H11N3S. The van der Waals surface area contributed by atoms with Gasteiger partial charge in [-0.05, 0) is 19.9 Å². The van der Waals surface area contributed by atoms with E-state index in [-0.39, 0.29) is 0 Å². The second kappa shape index (κ2) is 3.00. The second-order valence-corrected chi connectivity index (χ2v) is 3.06. The molecule has 0 aliphatic carbocycles. The van der Waals surface area contributed by atoms with Crippen molar-refractivity contribution in [3.8, 4) is 0 Å². The fraction of sp³-hybridized carbons (Fsp3) is 0.429. The Morgan fingerprint density at radius 2 is 2.36 bits per heavy atom. The first-order valence-corrected chi connectivity index (χ1v) is 3.87. The van der Waals surface area contributed by atoms with Gasteiger partial charge in [-0.1, -0.05) is 12.2 Å². The molecule has 1 aromatic heterocycles. The number of hydrogen-bond donors (Lipinski definition) is 1. The Kier molecular flexibility index (Phi) is 2.24. The van der Waals surface area contributed by atoms with Gasteiger partial charge in [-0.2, -0.15) is 5.10 Å². The van der Waals surface area contributed by atoms with Gasteiger partial charge in [0, 0.05) is 12.2 Å². The summed E-state index contributed by atoms with van der Waals surface area (Å²) in [6.07, 6.45) is 1.70. The Hall–Kier alpha value is -0.900. The van der Waals surface area contributed by atoms with Crippen LogP contribution < -0.4 is 5.73 Å². The van der Waals surface area contributed by atoms with Crippen molar-refractivity contribution >= 4 is 17.2 Å². The molecule has 0 fully saturated rings. The van der Waals surface area contributed by atoms with Crippen LogP contribution in [0.3, 0.4) is 0 Å². The van der Waals surface area contributed by atoms with E-state index in [1.165, 1.54) is 0 Å². The van der Waals surface area contributed by atoms with Crippen molar-refractivity contribution in [2.75, 3.05) is 0 Å². The molecule has 4 heteroatoms. The number of thiocarbonyl (C=S) groups is 1. The molecule has 0 saturated heterocycles. The summed E-state index contributed by atoms with van der Waals surface area (Å²) in [5.74, 6) is 0. The zero-order chi connectivity index (χ0) is 8.43. The molecule has 0 aliphatic heterocycles. The molecular weight excluding hydrogens is 158 g/mol. The van der Waals surface area contributed by atoms with Gasteiger partial charge in [0.05, 0.1) is 5.69 Å². The van der Waals surface area contributed by atoms with E-state index in [1.807, 2.05) is 24.6 Å². The van der Waals surface area contributed by atoms with Gasteiger partial charge >= 0.3 is 0 Å². The molecule has 0 aromatic carbocycles. The monoisotopic (exact) mass is 169 g/mol. The van der Waals surface area contributed by atoms with Crippen molar-refractivity contribution in [3.63, 3.8) is 0 Å². The van der Waals surface area contributed by atoms with Gasteiger partial charge in [-0.25, -0.2) is 0 Å². The van der Waals surface area contributed by atoms with Gasteiger partial charge in [0.2, 0.25) is 0 Å². The topological polar surface area (TPSA) is 43.8 Å². The minimum absolute atomic E-state index is 0.307. The van der Waals surface area contributed by atoms with Crippen LogP contribution in [-0.4, -0.2) is 14.8 Å². The van der Waals surface area contributed by atoms with Gasteiger partial charge in [0.25, 0.3) is 0 Å². The summed E-state index contributed by atoms with van der Waals surface area (Å²) in [7, 11) is 0. The summed E-state index contributed by atoms with van der Waals surface area (Å²) in [5.41, 5.74) is 6.30. The SMILES string of the molecule is CC(C)n1nccc1C(N)=S. The lowest BCUT2D eigenvalue weighted by molar-refractivity contribution is 0.529. The highest BCUT2D eigenvalue weighted by atomic mass is 32.1. The Morgan fingerprint density at radius 3 is 2.73 bits per heavy atom. The van der Waals surface area contributed by atoms with E-state index in [0.717, 1.165) is 5.69 Å². The zero-order valence-electron chi connectivity index (χ0n) is 6.61. The van der Waals surface area contributed by atoms with E-state index in [9.17, 15) is 0 Å². The van der Waals surface area contributed by atoms with E-state index in [1.54, 1.807) is 6.20 Å². The first kappa shape index (κ1) is 8.20. The lowest BCUT2D eigenvalue weighted by Gasteiger charge is -2.08.